The molecule has 2 heteroatoms. The molecule has 0 atom stereocenters. The van der Waals surface area contributed by atoms with Crippen molar-refractivity contribution in [3.8, 4) is 0 Å². The van der Waals surface area contributed by atoms with Crippen molar-refractivity contribution in [2.45, 2.75) is 13.8 Å². The largest absolute Gasteiger partial charge is 0.372 e. The number of fused-ring (bicyclic) bond motifs is 1. The highest BCUT2D eigenvalue weighted by Crippen LogP contribution is 2.34. The van der Waals surface area contributed by atoms with Crippen LogP contribution >= 0.6 is 0 Å². The minimum Gasteiger partial charge on any atom is -0.372 e. The van der Waals surface area contributed by atoms with Gasteiger partial charge in [0, 0.05) is 17.2 Å². The lowest BCUT2D eigenvalue weighted by molar-refractivity contribution is 0.604. The van der Waals surface area contributed by atoms with Crippen LogP contribution in [0.3, 0.4) is 0 Å². The van der Waals surface area contributed by atoms with Gasteiger partial charge in [0.15, 0.2) is 0 Å². The molecule has 2 aliphatic rings. The second-order valence-electron chi connectivity index (χ2n) is 3.52. The molecule has 58 valence electrons. The van der Waals surface area contributed by atoms with E-state index in [0.717, 1.165) is 12.4 Å². The van der Waals surface area contributed by atoms with Gasteiger partial charge in [-0.2, -0.15) is 0 Å². The topological polar surface area (TPSA) is 24.4 Å². The molecular formula is C9H12N2. The third kappa shape index (κ3) is 0.897. The van der Waals surface area contributed by atoms with E-state index in [9.17, 15) is 0 Å². The highest BCUT2D eigenvalue weighted by molar-refractivity contribution is 6.12. The van der Waals surface area contributed by atoms with Gasteiger partial charge in [0.1, 0.15) is 6.67 Å². The Morgan fingerprint density at radius 1 is 1.55 bits per heavy atom. The van der Waals surface area contributed by atoms with Crippen LogP contribution in [0.4, 0.5) is 0 Å². The number of nitrogens with zero attached hydrogens (tertiary/aromatic N) is 1. The van der Waals surface area contributed by atoms with Gasteiger partial charge in [0.2, 0.25) is 0 Å². The number of allylic oxidation sites excluding steroid dienone is 3. The second kappa shape index (κ2) is 1.97. The summed E-state index contributed by atoms with van der Waals surface area (Å²) < 4.78 is 0. The highest BCUT2D eigenvalue weighted by atomic mass is 15.0. The summed E-state index contributed by atoms with van der Waals surface area (Å²) in [7, 11) is 0. The van der Waals surface area contributed by atoms with E-state index in [2.05, 4.69) is 42.5 Å². The van der Waals surface area contributed by atoms with Gasteiger partial charge in [0.05, 0.1) is 5.71 Å². The van der Waals surface area contributed by atoms with Gasteiger partial charge in [0.25, 0.3) is 0 Å². The number of hydrogen-bond acceptors (Lipinski definition) is 2. The van der Waals surface area contributed by atoms with Crippen molar-refractivity contribution in [2.24, 2.45) is 10.4 Å². The van der Waals surface area contributed by atoms with E-state index < -0.39 is 0 Å². The Hall–Kier alpha value is -1.05. The predicted octanol–water partition coefficient (Wildman–Crippen LogP) is 1.47. The number of aliphatic imine (C=N–C) groups is 1. The molecule has 0 saturated carbocycles. The molecule has 1 heterocycles. The van der Waals surface area contributed by atoms with Gasteiger partial charge >= 0.3 is 0 Å². The zero-order valence-corrected chi connectivity index (χ0v) is 6.89. The highest BCUT2D eigenvalue weighted by Gasteiger charge is 2.29. The second-order valence-corrected chi connectivity index (χ2v) is 3.52. The molecule has 0 spiro atoms. The standard InChI is InChI=1S/C9H12N2/c1-9(2)4-3-8-7(9)5-10-6-11-8/h3-5,10H,6H2,1-2H3. The molecule has 0 aromatic heterocycles. The van der Waals surface area contributed by atoms with Gasteiger partial charge in [-0.3, -0.25) is 4.99 Å². The van der Waals surface area contributed by atoms with E-state index in [1.54, 1.807) is 0 Å². The molecule has 0 bridgehead atoms. The molecule has 2 rings (SSSR count). The Kier molecular flexibility index (Phi) is 1.19. The van der Waals surface area contributed by atoms with Crippen molar-refractivity contribution >= 4 is 5.71 Å². The molecule has 0 fully saturated rings. The van der Waals surface area contributed by atoms with Gasteiger partial charge in [-0.15, -0.1) is 0 Å². The van der Waals surface area contributed by atoms with Crippen LogP contribution in [0.15, 0.2) is 28.9 Å². The zero-order chi connectivity index (χ0) is 7.90. The van der Waals surface area contributed by atoms with E-state index in [1.165, 1.54) is 5.57 Å². The third-order valence-electron chi connectivity index (χ3n) is 2.22. The lowest BCUT2D eigenvalue weighted by Gasteiger charge is -2.20. The van der Waals surface area contributed by atoms with Crippen LogP contribution in [-0.4, -0.2) is 12.4 Å². The first-order valence-corrected chi connectivity index (χ1v) is 3.88. The third-order valence-corrected chi connectivity index (χ3v) is 2.22. The zero-order valence-electron chi connectivity index (χ0n) is 6.89. The minimum atomic E-state index is 0.173. The van der Waals surface area contributed by atoms with Gasteiger partial charge in [-0.25, -0.2) is 0 Å². The van der Waals surface area contributed by atoms with Crippen molar-refractivity contribution in [3.05, 3.63) is 23.9 Å². The van der Waals surface area contributed by atoms with Crippen molar-refractivity contribution in [1.82, 2.24) is 5.32 Å². The summed E-state index contributed by atoms with van der Waals surface area (Å²) in [5.41, 5.74) is 2.63. The quantitative estimate of drug-likeness (QED) is 0.552. The molecule has 2 nitrogen and oxygen atoms in total. The predicted molar refractivity (Wildman–Crippen MR) is 46.4 cm³/mol. The Bertz CT molecular complexity index is 269. The smallest absolute Gasteiger partial charge is 0.108 e. The normalized spacial score (nSPS) is 25.3. The van der Waals surface area contributed by atoms with Crippen LogP contribution in [0, 0.1) is 5.41 Å². The summed E-state index contributed by atoms with van der Waals surface area (Å²) in [5.74, 6) is 0. The van der Waals surface area contributed by atoms with Crippen LogP contribution < -0.4 is 5.32 Å². The Morgan fingerprint density at radius 3 is 3.09 bits per heavy atom. The van der Waals surface area contributed by atoms with Crippen molar-refractivity contribution in [3.63, 3.8) is 0 Å². The molecule has 0 amide bonds. The SMILES string of the molecule is CC1(C)C=CC2=NCNC=C21. The summed E-state index contributed by atoms with van der Waals surface area (Å²) in [6.07, 6.45) is 6.37. The lowest BCUT2D eigenvalue weighted by Crippen LogP contribution is -2.21. The Morgan fingerprint density at radius 2 is 2.36 bits per heavy atom. The summed E-state index contributed by atoms with van der Waals surface area (Å²) >= 11 is 0. The number of nitrogens with one attached hydrogen (secondary N) is 1. The average Bonchev–Trinajstić information content (AvgIpc) is 2.29. The lowest BCUT2D eigenvalue weighted by atomic mass is 9.87. The maximum absolute atomic E-state index is 4.34. The molecule has 0 aromatic rings. The molecule has 0 unspecified atom stereocenters. The molecule has 0 saturated heterocycles. The maximum atomic E-state index is 4.34. The van der Waals surface area contributed by atoms with Gasteiger partial charge in [-0.05, 0) is 6.08 Å². The molecule has 1 aliphatic heterocycles. The fraction of sp³-hybridized carbons (Fsp3) is 0.444. The Labute approximate surface area is 66.7 Å². The van der Waals surface area contributed by atoms with Crippen molar-refractivity contribution < 1.29 is 0 Å². The van der Waals surface area contributed by atoms with Crippen LogP contribution in [0.25, 0.3) is 0 Å². The molecule has 1 N–H and O–H groups in total. The fourth-order valence-corrected chi connectivity index (χ4v) is 1.47. The first kappa shape index (κ1) is 6.65. The summed E-state index contributed by atoms with van der Waals surface area (Å²) in [6.45, 7) is 5.12. The van der Waals surface area contributed by atoms with E-state index in [1.807, 2.05) is 0 Å². The summed E-state index contributed by atoms with van der Waals surface area (Å²) in [4.78, 5) is 4.34. The Balaban J connectivity index is 2.45. The molecule has 1 aliphatic carbocycles. The first-order chi connectivity index (χ1) is 5.20. The molecule has 11 heavy (non-hydrogen) atoms. The average molecular weight is 148 g/mol. The van der Waals surface area contributed by atoms with Crippen LogP contribution in [-0.2, 0) is 0 Å². The number of rotatable bonds is 0. The van der Waals surface area contributed by atoms with Crippen molar-refractivity contribution in [2.75, 3.05) is 6.67 Å². The van der Waals surface area contributed by atoms with E-state index >= 15 is 0 Å². The first-order valence-electron chi connectivity index (χ1n) is 3.88. The summed E-state index contributed by atoms with van der Waals surface area (Å²) in [6, 6.07) is 0. The minimum absolute atomic E-state index is 0.173. The van der Waals surface area contributed by atoms with Gasteiger partial charge < -0.3 is 5.32 Å². The molecular weight excluding hydrogens is 136 g/mol. The van der Waals surface area contributed by atoms with Crippen LogP contribution in [0.5, 0.6) is 0 Å². The fourth-order valence-electron chi connectivity index (χ4n) is 1.47. The summed E-state index contributed by atoms with van der Waals surface area (Å²) in [5, 5.41) is 3.12. The monoisotopic (exact) mass is 148 g/mol. The van der Waals surface area contributed by atoms with E-state index in [4.69, 9.17) is 0 Å². The number of hydrogen-bond donors (Lipinski definition) is 1. The van der Waals surface area contributed by atoms with Gasteiger partial charge in [-0.1, -0.05) is 19.9 Å². The maximum Gasteiger partial charge on any atom is 0.108 e. The van der Waals surface area contributed by atoms with E-state index in [-0.39, 0.29) is 5.41 Å². The van der Waals surface area contributed by atoms with Crippen LogP contribution in [0.2, 0.25) is 0 Å². The van der Waals surface area contributed by atoms with Crippen LogP contribution in [0.1, 0.15) is 13.8 Å². The van der Waals surface area contributed by atoms with Crippen molar-refractivity contribution in [1.29, 1.82) is 0 Å². The molecule has 0 aromatic carbocycles. The van der Waals surface area contributed by atoms with E-state index in [0.29, 0.717) is 0 Å². The molecule has 0 radical (unpaired) electrons.